The lowest BCUT2D eigenvalue weighted by molar-refractivity contribution is -0.384. The molecule has 1 amide bonds. The van der Waals surface area contributed by atoms with Crippen molar-refractivity contribution in [2.24, 2.45) is 5.92 Å². The van der Waals surface area contributed by atoms with E-state index in [4.69, 9.17) is 5.11 Å². The maximum absolute atomic E-state index is 12.1. The largest absolute Gasteiger partial charge is 0.396 e. The van der Waals surface area contributed by atoms with Crippen molar-refractivity contribution in [2.45, 2.75) is 33.2 Å². The van der Waals surface area contributed by atoms with Crippen molar-refractivity contribution in [1.82, 2.24) is 5.32 Å². The highest BCUT2D eigenvalue weighted by atomic mass is 16.6. The van der Waals surface area contributed by atoms with Crippen molar-refractivity contribution < 1.29 is 14.8 Å². The van der Waals surface area contributed by atoms with Crippen LogP contribution in [0.3, 0.4) is 0 Å². The number of hydrogen-bond acceptors (Lipinski definition) is 4. The standard InChI is InChI=1S/C14H20N2O4/c1-9(2)13(4-5-17)15-14(18)11-6-10(3)7-12(8-11)16(19)20/h6-9,13,17H,4-5H2,1-3H3,(H,15,18). The Balaban J connectivity index is 2.94. The number of benzene rings is 1. The molecule has 0 aliphatic rings. The minimum atomic E-state index is -0.516. The summed E-state index contributed by atoms with van der Waals surface area (Å²) in [5, 5.41) is 22.6. The van der Waals surface area contributed by atoms with E-state index >= 15 is 0 Å². The summed E-state index contributed by atoms with van der Waals surface area (Å²) < 4.78 is 0. The minimum Gasteiger partial charge on any atom is -0.396 e. The molecule has 2 N–H and O–H groups in total. The second kappa shape index (κ2) is 7.00. The maximum Gasteiger partial charge on any atom is 0.270 e. The Morgan fingerprint density at radius 1 is 1.40 bits per heavy atom. The van der Waals surface area contributed by atoms with E-state index in [1.54, 1.807) is 13.0 Å². The van der Waals surface area contributed by atoms with E-state index in [1.807, 2.05) is 13.8 Å². The smallest absolute Gasteiger partial charge is 0.270 e. The van der Waals surface area contributed by atoms with Crippen LogP contribution in [-0.4, -0.2) is 28.6 Å². The predicted molar refractivity (Wildman–Crippen MR) is 75.6 cm³/mol. The lowest BCUT2D eigenvalue weighted by Crippen LogP contribution is -2.39. The Kier molecular flexibility index (Phi) is 5.64. The van der Waals surface area contributed by atoms with Gasteiger partial charge < -0.3 is 10.4 Å². The Hall–Kier alpha value is -1.95. The molecule has 0 radical (unpaired) electrons. The maximum atomic E-state index is 12.1. The zero-order chi connectivity index (χ0) is 15.3. The number of hydrogen-bond donors (Lipinski definition) is 2. The summed E-state index contributed by atoms with van der Waals surface area (Å²) in [7, 11) is 0. The van der Waals surface area contributed by atoms with Gasteiger partial charge in [-0.3, -0.25) is 14.9 Å². The summed E-state index contributed by atoms with van der Waals surface area (Å²) in [5.41, 5.74) is 0.825. The fourth-order valence-corrected chi connectivity index (χ4v) is 1.96. The fraction of sp³-hybridized carbons (Fsp3) is 0.500. The summed E-state index contributed by atoms with van der Waals surface area (Å²) in [6.45, 7) is 5.58. The molecule has 0 aliphatic carbocycles. The van der Waals surface area contributed by atoms with Gasteiger partial charge in [-0.2, -0.15) is 0 Å². The Bertz CT molecular complexity index is 500. The third-order valence-corrected chi connectivity index (χ3v) is 3.10. The number of nitro benzene ring substituents is 1. The number of nitrogens with zero attached hydrogens (tertiary/aromatic N) is 1. The average Bonchev–Trinajstić information content (AvgIpc) is 2.37. The second-order valence-electron chi connectivity index (χ2n) is 5.15. The van der Waals surface area contributed by atoms with Gasteiger partial charge in [-0.1, -0.05) is 13.8 Å². The molecule has 110 valence electrons. The van der Waals surface area contributed by atoms with E-state index < -0.39 is 4.92 Å². The van der Waals surface area contributed by atoms with Gasteiger partial charge in [0.1, 0.15) is 0 Å². The van der Waals surface area contributed by atoms with Gasteiger partial charge in [0.05, 0.1) is 4.92 Å². The SMILES string of the molecule is Cc1cc(C(=O)NC(CCO)C(C)C)cc([N+](=O)[O-])c1. The van der Waals surface area contributed by atoms with Crippen LogP contribution in [-0.2, 0) is 0 Å². The van der Waals surface area contributed by atoms with Crippen LogP contribution < -0.4 is 5.32 Å². The third kappa shape index (κ3) is 4.31. The molecule has 1 atom stereocenters. The Labute approximate surface area is 118 Å². The molecule has 0 fully saturated rings. The van der Waals surface area contributed by atoms with E-state index in [2.05, 4.69) is 5.32 Å². The second-order valence-corrected chi connectivity index (χ2v) is 5.15. The molecule has 0 heterocycles. The van der Waals surface area contributed by atoms with Crippen molar-refractivity contribution in [1.29, 1.82) is 0 Å². The molecule has 0 aliphatic heterocycles. The Morgan fingerprint density at radius 3 is 2.55 bits per heavy atom. The van der Waals surface area contributed by atoms with Crippen LogP contribution in [0.15, 0.2) is 18.2 Å². The van der Waals surface area contributed by atoms with Gasteiger partial charge in [0.2, 0.25) is 0 Å². The summed E-state index contributed by atoms with van der Waals surface area (Å²) in [5.74, 6) is -0.185. The number of aryl methyl sites for hydroxylation is 1. The average molecular weight is 280 g/mol. The summed E-state index contributed by atoms with van der Waals surface area (Å²) in [6.07, 6.45) is 0.456. The quantitative estimate of drug-likeness (QED) is 0.616. The number of rotatable bonds is 6. The van der Waals surface area contributed by atoms with Gasteiger partial charge in [-0.15, -0.1) is 0 Å². The van der Waals surface area contributed by atoms with E-state index in [1.165, 1.54) is 12.1 Å². The van der Waals surface area contributed by atoms with Crippen LogP contribution in [0.4, 0.5) is 5.69 Å². The van der Waals surface area contributed by atoms with Crippen LogP contribution in [0.25, 0.3) is 0 Å². The normalized spacial score (nSPS) is 12.2. The number of carbonyl (C=O) groups is 1. The van der Waals surface area contributed by atoms with E-state index in [0.29, 0.717) is 12.0 Å². The van der Waals surface area contributed by atoms with Gasteiger partial charge in [0.25, 0.3) is 11.6 Å². The lowest BCUT2D eigenvalue weighted by Gasteiger charge is -2.21. The highest BCUT2D eigenvalue weighted by Gasteiger charge is 2.18. The molecule has 6 heteroatoms. The highest BCUT2D eigenvalue weighted by Crippen LogP contribution is 2.17. The predicted octanol–water partition coefficient (Wildman–Crippen LogP) is 2.04. The zero-order valence-corrected chi connectivity index (χ0v) is 11.9. The molecule has 1 aromatic rings. The topological polar surface area (TPSA) is 92.5 Å². The van der Waals surface area contributed by atoms with Crippen molar-refractivity contribution in [3.63, 3.8) is 0 Å². The molecule has 6 nitrogen and oxygen atoms in total. The molecule has 1 unspecified atom stereocenters. The highest BCUT2D eigenvalue weighted by molar-refractivity contribution is 5.95. The first kappa shape index (κ1) is 16.1. The van der Waals surface area contributed by atoms with Crippen LogP contribution >= 0.6 is 0 Å². The van der Waals surface area contributed by atoms with Crippen molar-refractivity contribution in [3.8, 4) is 0 Å². The van der Waals surface area contributed by atoms with Crippen LogP contribution in [0.5, 0.6) is 0 Å². The number of nitro groups is 1. The van der Waals surface area contributed by atoms with E-state index in [-0.39, 0.29) is 35.7 Å². The first-order chi connectivity index (χ1) is 9.35. The lowest BCUT2D eigenvalue weighted by atomic mass is 10.0. The number of amides is 1. The monoisotopic (exact) mass is 280 g/mol. The molecule has 1 aromatic carbocycles. The van der Waals surface area contributed by atoms with Crippen molar-refractivity contribution in [3.05, 3.63) is 39.4 Å². The number of aliphatic hydroxyl groups excluding tert-OH is 1. The van der Waals surface area contributed by atoms with Gasteiger partial charge in [0, 0.05) is 30.3 Å². The summed E-state index contributed by atoms with van der Waals surface area (Å²) in [4.78, 5) is 22.4. The van der Waals surface area contributed by atoms with Gasteiger partial charge in [-0.25, -0.2) is 0 Å². The number of non-ortho nitro benzene ring substituents is 1. The van der Waals surface area contributed by atoms with Crippen LogP contribution in [0, 0.1) is 23.0 Å². The Morgan fingerprint density at radius 2 is 2.05 bits per heavy atom. The van der Waals surface area contributed by atoms with Crippen molar-refractivity contribution >= 4 is 11.6 Å². The van der Waals surface area contributed by atoms with Gasteiger partial charge in [-0.05, 0) is 30.9 Å². The molecule has 0 aromatic heterocycles. The summed E-state index contributed by atoms with van der Waals surface area (Å²) in [6, 6.07) is 4.13. The molecular weight excluding hydrogens is 260 g/mol. The van der Waals surface area contributed by atoms with Gasteiger partial charge >= 0.3 is 0 Å². The molecular formula is C14H20N2O4. The number of carbonyl (C=O) groups excluding carboxylic acids is 1. The first-order valence-corrected chi connectivity index (χ1v) is 6.53. The molecule has 0 saturated carbocycles. The molecule has 0 bridgehead atoms. The van der Waals surface area contributed by atoms with Crippen molar-refractivity contribution in [2.75, 3.05) is 6.61 Å². The number of aliphatic hydroxyl groups is 1. The first-order valence-electron chi connectivity index (χ1n) is 6.53. The van der Waals surface area contributed by atoms with E-state index in [9.17, 15) is 14.9 Å². The van der Waals surface area contributed by atoms with E-state index in [0.717, 1.165) is 0 Å². The molecule has 1 rings (SSSR count). The molecule has 0 spiro atoms. The molecule has 20 heavy (non-hydrogen) atoms. The third-order valence-electron chi connectivity index (χ3n) is 3.10. The summed E-state index contributed by atoms with van der Waals surface area (Å²) >= 11 is 0. The molecule has 0 saturated heterocycles. The van der Waals surface area contributed by atoms with Crippen LogP contribution in [0.1, 0.15) is 36.2 Å². The fourth-order valence-electron chi connectivity index (χ4n) is 1.96. The minimum absolute atomic E-state index is 0.0168. The zero-order valence-electron chi connectivity index (χ0n) is 11.9. The van der Waals surface area contributed by atoms with Crippen LogP contribution in [0.2, 0.25) is 0 Å². The van der Waals surface area contributed by atoms with Gasteiger partial charge in [0.15, 0.2) is 0 Å². The number of nitrogens with one attached hydrogen (secondary N) is 1.